The Morgan fingerprint density at radius 2 is 1.00 bits per heavy atom. The molecule has 0 aliphatic carbocycles. The van der Waals surface area contributed by atoms with Crippen molar-refractivity contribution >= 4 is 52.1 Å². The molecule has 2 rings (SSSR count). The van der Waals surface area contributed by atoms with Gasteiger partial charge in [0.1, 0.15) is 9.79 Å². The van der Waals surface area contributed by atoms with Crippen LogP contribution in [0.4, 0.5) is 26.3 Å². The van der Waals surface area contributed by atoms with E-state index < -0.39 is 60.3 Å². The Hall–Kier alpha value is -1.20. The van der Waals surface area contributed by atoms with E-state index >= 15 is 0 Å². The van der Waals surface area contributed by atoms with Crippen molar-refractivity contribution in [1.29, 1.82) is 0 Å². The highest BCUT2D eigenvalue weighted by atomic mass is 79.9. The third-order valence-electron chi connectivity index (χ3n) is 3.46. The summed E-state index contributed by atoms with van der Waals surface area (Å²) in [6.45, 7) is -1.55. The molecule has 172 valence electrons. The predicted molar refractivity (Wildman–Crippen MR) is 99.7 cm³/mol. The van der Waals surface area contributed by atoms with Gasteiger partial charge in [-0.05, 0) is 68.3 Å². The van der Waals surface area contributed by atoms with Crippen molar-refractivity contribution in [3.05, 3.63) is 56.5 Å². The summed E-state index contributed by atoms with van der Waals surface area (Å²) in [6, 6.07) is 3.26. The van der Waals surface area contributed by atoms with Crippen LogP contribution in [-0.2, 0) is 41.0 Å². The summed E-state index contributed by atoms with van der Waals surface area (Å²) in [6.07, 6.45) is -9.75. The van der Waals surface area contributed by atoms with Crippen molar-refractivity contribution < 1.29 is 51.5 Å². The van der Waals surface area contributed by atoms with E-state index in [1.54, 1.807) is 0 Å². The lowest BCUT2D eigenvalue weighted by Gasteiger charge is -2.13. The lowest BCUT2D eigenvalue weighted by Crippen LogP contribution is -2.16. The fraction of sp³-hybridized carbons (Fsp3) is 0.200. The van der Waals surface area contributed by atoms with Crippen LogP contribution in [-0.4, -0.2) is 23.6 Å². The molecule has 0 heterocycles. The quantitative estimate of drug-likeness (QED) is 0.247. The average Bonchev–Trinajstić information content (AvgIpc) is 2.59. The lowest BCUT2D eigenvalue weighted by atomic mass is 10.2. The zero-order chi connectivity index (χ0) is 23.8. The summed E-state index contributed by atoms with van der Waals surface area (Å²) in [5, 5.41) is 0. The third kappa shape index (κ3) is 6.41. The average molecular weight is 622 g/mol. The second-order valence-corrected chi connectivity index (χ2v) is 10.4. The number of alkyl halides is 6. The maximum atomic E-state index is 12.8. The molecule has 0 amide bonds. The summed E-state index contributed by atoms with van der Waals surface area (Å²) < 4.78 is 133. The van der Waals surface area contributed by atoms with Gasteiger partial charge >= 0.3 is 12.4 Å². The van der Waals surface area contributed by atoms with Crippen molar-refractivity contribution in [1.82, 2.24) is 0 Å². The molecule has 0 fully saturated rings. The molecule has 0 radical (unpaired) electrons. The number of rotatable bonds is 6. The van der Waals surface area contributed by atoms with Gasteiger partial charge in [-0.2, -0.15) is 43.2 Å². The Morgan fingerprint density at radius 1 is 0.677 bits per heavy atom. The van der Waals surface area contributed by atoms with E-state index in [0.29, 0.717) is 12.1 Å². The van der Waals surface area contributed by atoms with Crippen molar-refractivity contribution in [3.8, 4) is 0 Å². The molecule has 0 aliphatic heterocycles. The van der Waals surface area contributed by atoms with Crippen molar-refractivity contribution in [2.45, 2.75) is 22.1 Å². The maximum absolute atomic E-state index is 12.8. The zero-order valence-corrected chi connectivity index (χ0v) is 19.3. The number of benzene rings is 2. The number of halogens is 8. The summed E-state index contributed by atoms with van der Waals surface area (Å²) >= 11 is 5.48. The molecule has 2 aromatic carbocycles. The van der Waals surface area contributed by atoms with Crippen LogP contribution >= 0.6 is 31.9 Å². The molecule has 0 aliphatic rings. The summed E-state index contributed by atoms with van der Waals surface area (Å²) in [7, 11) is -9.90. The van der Waals surface area contributed by atoms with Gasteiger partial charge in [0.2, 0.25) is 0 Å². The Bertz CT molecular complexity index is 1100. The molecule has 0 saturated heterocycles. The highest BCUT2D eigenvalue weighted by molar-refractivity contribution is 9.10. The molecular weight excluding hydrogens is 614 g/mol. The minimum absolute atomic E-state index is 0.247. The van der Waals surface area contributed by atoms with Gasteiger partial charge in [0.25, 0.3) is 20.2 Å². The zero-order valence-electron chi connectivity index (χ0n) is 14.5. The molecule has 31 heavy (non-hydrogen) atoms. The van der Waals surface area contributed by atoms with Gasteiger partial charge in [0.05, 0.1) is 11.1 Å². The summed E-state index contributed by atoms with van der Waals surface area (Å²) in [5.74, 6) is 0. The summed E-state index contributed by atoms with van der Waals surface area (Å²) in [5.41, 5.74) is -2.64. The molecule has 0 saturated carbocycles. The monoisotopic (exact) mass is 620 g/mol. The minimum Gasteiger partial charge on any atom is -0.236 e. The maximum Gasteiger partial charge on any atom is 0.416 e. The van der Waals surface area contributed by atoms with Crippen molar-refractivity contribution in [3.63, 3.8) is 0 Å². The van der Waals surface area contributed by atoms with E-state index in [9.17, 15) is 43.2 Å². The van der Waals surface area contributed by atoms with Crippen LogP contribution in [0.2, 0.25) is 0 Å². The van der Waals surface area contributed by atoms with Crippen molar-refractivity contribution in [2.75, 3.05) is 6.79 Å². The molecule has 6 nitrogen and oxygen atoms in total. The van der Waals surface area contributed by atoms with Crippen molar-refractivity contribution in [2.24, 2.45) is 0 Å². The topological polar surface area (TPSA) is 86.7 Å². The van der Waals surface area contributed by atoms with Crippen LogP contribution in [0.1, 0.15) is 11.1 Å². The van der Waals surface area contributed by atoms with Gasteiger partial charge in [0.15, 0.2) is 6.79 Å². The van der Waals surface area contributed by atoms with Gasteiger partial charge in [-0.25, -0.2) is 8.37 Å². The van der Waals surface area contributed by atoms with Crippen LogP contribution in [0.15, 0.2) is 55.1 Å². The second-order valence-electron chi connectivity index (χ2n) is 5.55. The van der Waals surface area contributed by atoms with Gasteiger partial charge in [-0.3, -0.25) is 0 Å². The first-order valence-electron chi connectivity index (χ1n) is 7.47. The van der Waals surface area contributed by atoms with Crippen LogP contribution in [0, 0.1) is 0 Å². The third-order valence-corrected chi connectivity index (χ3v) is 7.94. The number of hydrogen-bond donors (Lipinski definition) is 0. The molecule has 0 bridgehead atoms. The predicted octanol–water partition coefficient (Wildman–Crippen LogP) is 5.32. The van der Waals surface area contributed by atoms with E-state index in [1.807, 2.05) is 0 Å². The van der Waals surface area contributed by atoms with Crippen LogP contribution in [0.5, 0.6) is 0 Å². The Kier molecular flexibility index (Phi) is 7.54. The van der Waals surface area contributed by atoms with Crippen LogP contribution in [0.25, 0.3) is 0 Å². The molecule has 0 N–H and O–H groups in total. The smallest absolute Gasteiger partial charge is 0.236 e. The standard InChI is InChI=1S/C15H8Br2F6O6S2/c16-10-3-1-8(14(18,19)20)5-12(10)30(24,25)28-7-29-31(26,27)13-6-9(15(21,22)23)2-4-11(13)17/h1-6H,7H2. The highest BCUT2D eigenvalue weighted by Crippen LogP contribution is 2.35. The van der Waals surface area contributed by atoms with E-state index in [-0.39, 0.29) is 21.1 Å². The fourth-order valence-corrected chi connectivity index (χ4v) is 5.52. The first-order valence-corrected chi connectivity index (χ1v) is 11.9. The molecule has 0 aromatic heterocycles. The Labute approximate surface area is 188 Å². The van der Waals surface area contributed by atoms with E-state index in [2.05, 4.69) is 40.2 Å². The van der Waals surface area contributed by atoms with Gasteiger partial charge in [-0.1, -0.05) is 0 Å². The van der Waals surface area contributed by atoms with Gasteiger partial charge in [0, 0.05) is 8.95 Å². The molecule has 0 atom stereocenters. The summed E-state index contributed by atoms with van der Waals surface area (Å²) in [4.78, 5) is -1.94. The molecular formula is C15H8Br2F6O6S2. The highest BCUT2D eigenvalue weighted by Gasteiger charge is 2.34. The van der Waals surface area contributed by atoms with E-state index in [4.69, 9.17) is 0 Å². The largest absolute Gasteiger partial charge is 0.416 e. The molecule has 0 spiro atoms. The number of hydrogen-bond acceptors (Lipinski definition) is 6. The van der Waals surface area contributed by atoms with Gasteiger partial charge < -0.3 is 0 Å². The fourth-order valence-electron chi connectivity index (χ4n) is 2.02. The SMILES string of the molecule is O=S(=O)(OCOS(=O)(=O)c1cc(C(F)(F)F)ccc1Br)c1cc(C(F)(F)F)ccc1Br. The molecule has 2 aromatic rings. The molecule has 0 unspecified atom stereocenters. The van der Waals surface area contributed by atoms with E-state index in [0.717, 1.165) is 12.1 Å². The lowest BCUT2D eigenvalue weighted by molar-refractivity contribution is -0.138. The minimum atomic E-state index is -4.95. The van der Waals surface area contributed by atoms with E-state index in [1.165, 1.54) is 0 Å². The van der Waals surface area contributed by atoms with Gasteiger partial charge in [-0.15, -0.1) is 0 Å². The first kappa shape index (κ1) is 26.1. The van der Waals surface area contributed by atoms with Crippen LogP contribution < -0.4 is 0 Å². The first-order chi connectivity index (χ1) is 13.9. The van der Waals surface area contributed by atoms with Crippen LogP contribution in [0.3, 0.4) is 0 Å². The Balaban J connectivity index is 2.25. The normalized spacial score (nSPS) is 13.4. The molecule has 16 heteroatoms. The second kappa shape index (κ2) is 8.97. The Morgan fingerprint density at radius 3 is 1.29 bits per heavy atom.